The molecule has 1 saturated carbocycles. The summed E-state index contributed by atoms with van der Waals surface area (Å²) < 4.78 is 43.5. The van der Waals surface area contributed by atoms with Crippen LogP contribution in [0.25, 0.3) is 5.65 Å². The van der Waals surface area contributed by atoms with Gasteiger partial charge in [0.2, 0.25) is 11.8 Å². The highest BCUT2D eigenvalue weighted by molar-refractivity contribution is 6.24. The molecule has 1 unspecified atom stereocenters. The first-order chi connectivity index (χ1) is 32.9. The minimum Gasteiger partial charge on any atom is -0.488 e. The summed E-state index contributed by atoms with van der Waals surface area (Å²) in [5.74, 6) is -1.43. The van der Waals surface area contributed by atoms with Crippen molar-refractivity contribution in [1.29, 1.82) is 0 Å². The Labute approximate surface area is 390 Å². The van der Waals surface area contributed by atoms with Crippen molar-refractivity contribution in [2.24, 2.45) is 5.92 Å². The number of amides is 5. The number of imide groups is 2. The topological polar surface area (TPSA) is 189 Å². The van der Waals surface area contributed by atoms with E-state index >= 15 is 0 Å². The second kappa shape index (κ2) is 18.8. The molecule has 3 atom stereocenters. The highest BCUT2D eigenvalue weighted by Crippen LogP contribution is 2.37. The molecule has 20 heteroatoms. The van der Waals surface area contributed by atoms with Crippen LogP contribution in [0, 0.1) is 5.92 Å². The summed E-state index contributed by atoms with van der Waals surface area (Å²) in [4.78, 5) is 76.7. The molecule has 2 aromatic carbocycles. The van der Waals surface area contributed by atoms with Crippen molar-refractivity contribution in [2.45, 2.75) is 88.8 Å². The second-order valence-corrected chi connectivity index (χ2v) is 18.7. The molecule has 5 aromatic rings. The van der Waals surface area contributed by atoms with Gasteiger partial charge < -0.3 is 29.5 Å². The first kappa shape index (κ1) is 45.2. The lowest BCUT2D eigenvalue weighted by molar-refractivity contribution is -0.136. The molecule has 4 fully saturated rings. The molecule has 68 heavy (non-hydrogen) atoms. The molecule has 0 radical (unpaired) electrons. The molecule has 3 aromatic heterocycles. The molecule has 3 saturated heterocycles. The largest absolute Gasteiger partial charge is 0.488 e. The van der Waals surface area contributed by atoms with Crippen LogP contribution in [-0.4, -0.2) is 134 Å². The fourth-order valence-electron chi connectivity index (χ4n) is 10.3. The van der Waals surface area contributed by atoms with Crippen molar-refractivity contribution in [1.82, 2.24) is 44.4 Å². The number of nitrogens with one attached hydrogen (secondary N) is 2. The molecule has 18 nitrogen and oxygen atoms in total. The number of nitrogens with zero attached hydrogens (tertiary/aromatic N) is 9. The van der Waals surface area contributed by atoms with Crippen LogP contribution in [0.15, 0.2) is 67.1 Å². The van der Waals surface area contributed by atoms with Crippen LogP contribution in [-0.2, 0) is 27.5 Å². The van der Waals surface area contributed by atoms with Gasteiger partial charge in [0.15, 0.2) is 11.3 Å². The van der Waals surface area contributed by atoms with E-state index in [0.29, 0.717) is 18.2 Å². The number of carbonyl (C=O) groups is 5. The van der Waals surface area contributed by atoms with E-state index < -0.39 is 47.7 Å². The Kier molecular flexibility index (Phi) is 12.5. The second-order valence-electron chi connectivity index (χ2n) is 18.7. The van der Waals surface area contributed by atoms with Crippen molar-refractivity contribution in [3.05, 3.63) is 101 Å². The Morgan fingerprint density at radius 3 is 2.47 bits per heavy atom. The van der Waals surface area contributed by atoms with Crippen LogP contribution in [0.5, 0.6) is 5.75 Å². The van der Waals surface area contributed by atoms with E-state index in [2.05, 4.69) is 49.6 Å². The summed E-state index contributed by atoms with van der Waals surface area (Å²) in [5.41, 5.74) is 2.34. The van der Waals surface area contributed by atoms with Gasteiger partial charge in [-0.25, -0.2) is 18.3 Å². The van der Waals surface area contributed by atoms with Crippen LogP contribution in [0.3, 0.4) is 0 Å². The van der Waals surface area contributed by atoms with E-state index in [-0.39, 0.29) is 65.8 Å². The SMILES string of the molecule is CN(CCN(C)CC1CCC(n2cc(NC(=O)c3cnn4ccc(N5C[C@H]6C[C@@H]5CO6)nc34)c(C(F)F)n2)CC1)Cc1ccc(COc2cccc3c2C(=O)N(C2CCC(=O)NC2=O)C3=O)cc1. The van der Waals surface area contributed by atoms with E-state index in [0.717, 1.165) is 86.7 Å². The molecule has 10 rings (SSSR count). The summed E-state index contributed by atoms with van der Waals surface area (Å²) in [5, 5.41) is 13.5. The minimum atomic E-state index is -2.87. The summed E-state index contributed by atoms with van der Waals surface area (Å²) >= 11 is 0. The molecule has 5 amide bonds. The number of halogens is 2. The van der Waals surface area contributed by atoms with Gasteiger partial charge in [0.1, 0.15) is 29.8 Å². The summed E-state index contributed by atoms with van der Waals surface area (Å²) in [6, 6.07) is 13.8. The quantitative estimate of drug-likeness (QED) is 0.128. The number of rotatable bonds is 16. The number of piperidine rings is 1. The van der Waals surface area contributed by atoms with E-state index in [1.54, 1.807) is 23.0 Å². The van der Waals surface area contributed by atoms with E-state index in [9.17, 15) is 32.8 Å². The Morgan fingerprint density at radius 2 is 1.74 bits per heavy atom. The zero-order chi connectivity index (χ0) is 47.2. The van der Waals surface area contributed by atoms with Crippen LogP contribution < -0.4 is 20.3 Å². The molecular formula is C48H53F2N11O7. The van der Waals surface area contributed by atoms with Crippen LogP contribution in [0.4, 0.5) is 20.3 Å². The van der Waals surface area contributed by atoms with Crippen molar-refractivity contribution < 1.29 is 42.2 Å². The maximum Gasteiger partial charge on any atom is 0.284 e. The summed E-state index contributed by atoms with van der Waals surface area (Å²) in [6.07, 6.45) is 6.47. The third-order valence-corrected chi connectivity index (χ3v) is 13.9. The molecule has 2 N–H and O–H groups in total. The number of anilines is 2. The average molecular weight is 934 g/mol. The predicted octanol–water partition coefficient (Wildman–Crippen LogP) is 4.87. The summed E-state index contributed by atoms with van der Waals surface area (Å²) in [7, 11) is 4.20. The lowest BCUT2D eigenvalue weighted by Crippen LogP contribution is -2.54. The Hall–Kier alpha value is -6.64. The number of hydrogen-bond acceptors (Lipinski definition) is 13. The normalized spacial score (nSPS) is 22.6. The van der Waals surface area contributed by atoms with Gasteiger partial charge in [0.25, 0.3) is 24.1 Å². The van der Waals surface area contributed by atoms with Crippen molar-refractivity contribution in [3.63, 3.8) is 0 Å². The molecular weight excluding hydrogens is 881 g/mol. The zero-order valence-electron chi connectivity index (χ0n) is 37.9. The van der Waals surface area contributed by atoms with E-state index in [1.807, 2.05) is 30.3 Å². The number of carbonyl (C=O) groups excluding carboxylic acids is 5. The molecule has 7 heterocycles. The Morgan fingerprint density at radius 1 is 0.956 bits per heavy atom. The molecule has 356 valence electrons. The van der Waals surface area contributed by atoms with Gasteiger partial charge in [-0.2, -0.15) is 10.2 Å². The molecule has 2 bridgehead atoms. The minimum absolute atomic E-state index is 0.0162. The standard InChI is InChI=1S/C48H53F2N11O7/c1-56(22-28-6-8-30(9-7-28)26-68-38-5-3-4-34-41(38)48(66)61(47(34)65)37-14-15-40(62)54-46(37)64)18-19-57(2)23-29-10-12-31(13-11-29)60-25-36(42(55-60)43(49)50)52-45(63)35-21-51-59-17-16-39(53-44(35)59)58-24-33-20-32(58)27-67-33/h3-9,16-17,21,25,29,31-33,37,43H,10-15,18-20,22-24,26-27H2,1-2H3,(H,52,63)(H,54,62,64)/t29?,31?,32-,33-,37?/m1/s1. The van der Waals surface area contributed by atoms with Crippen LogP contribution in [0.1, 0.15) is 105 Å². The van der Waals surface area contributed by atoms with Gasteiger partial charge in [0.05, 0.1) is 47.8 Å². The first-order valence-electron chi connectivity index (χ1n) is 23.2. The average Bonchev–Trinajstić information content (AvgIpc) is 4.18. The first-order valence-corrected chi connectivity index (χ1v) is 23.2. The number of fused-ring (bicyclic) bond motifs is 4. The number of aromatic nitrogens is 5. The van der Waals surface area contributed by atoms with Crippen LogP contribution in [0.2, 0.25) is 0 Å². The van der Waals surface area contributed by atoms with Gasteiger partial charge >= 0.3 is 0 Å². The van der Waals surface area contributed by atoms with E-state index in [4.69, 9.17) is 14.5 Å². The maximum atomic E-state index is 14.3. The third-order valence-electron chi connectivity index (χ3n) is 13.9. The number of hydrogen-bond donors (Lipinski definition) is 2. The number of morpholine rings is 1. The highest BCUT2D eigenvalue weighted by Gasteiger charge is 2.46. The van der Waals surface area contributed by atoms with E-state index in [1.165, 1.54) is 23.0 Å². The molecule has 4 aliphatic heterocycles. The van der Waals surface area contributed by atoms with Gasteiger partial charge in [-0.3, -0.25) is 38.9 Å². The molecule has 0 spiro atoms. The van der Waals surface area contributed by atoms with Crippen molar-refractivity contribution >= 4 is 46.7 Å². The van der Waals surface area contributed by atoms with Crippen molar-refractivity contribution in [3.8, 4) is 5.75 Å². The monoisotopic (exact) mass is 933 g/mol. The third kappa shape index (κ3) is 9.06. The van der Waals surface area contributed by atoms with Crippen LogP contribution >= 0.6 is 0 Å². The Balaban J connectivity index is 0.670. The maximum absolute atomic E-state index is 14.3. The summed E-state index contributed by atoms with van der Waals surface area (Å²) in [6.45, 7) is 4.89. The number of ether oxygens (including phenoxy) is 2. The van der Waals surface area contributed by atoms with Gasteiger partial charge in [-0.15, -0.1) is 0 Å². The lowest BCUT2D eigenvalue weighted by atomic mass is 9.86. The predicted molar refractivity (Wildman–Crippen MR) is 242 cm³/mol. The number of likely N-dealkylation sites (N-methyl/N-ethyl adjacent to an activating group) is 2. The number of alkyl halides is 2. The Bertz CT molecular complexity index is 2750. The fourth-order valence-corrected chi connectivity index (χ4v) is 10.3. The van der Waals surface area contributed by atoms with Gasteiger partial charge in [-0.1, -0.05) is 30.3 Å². The number of benzene rings is 2. The highest BCUT2D eigenvalue weighted by atomic mass is 19.3. The van der Waals surface area contributed by atoms with Gasteiger partial charge in [0, 0.05) is 51.5 Å². The zero-order valence-corrected chi connectivity index (χ0v) is 37.9. The van der Waals surface area contributed by atoms with Crippen molar-refractivity contribution in [2.75, 3.05) is 57.1 Å². The molecule has 1 aliphatic carbocycles. The molecule has 5 aliphatic rings. The van der Waals surface area contributed by atoms with Gasteiger partial charge in [-0.05, 0) is 87.9 Å². The lowest BCUT2D eigenvalue weighted by Gasteiger charge is -2.32. The fraction of sp³-hybridized carbons (Fsp3) is 0.458. The smallest absolute Gasteiger partial charge is 0.284 e.